The summed E-state index contributed by atoms with van der Waals surface area (Å²) in [5.74, 6) is 0. The van der Waals surface area contributed by atoms with E-state index >= 15 is 0 Å². The van der Waals surface area contributed by atoms with Crippen molar-refractivity contribution in [2.75, 3.05) is 0 Å². The van der Waals surface area contributed by atoms with Crippen LogP contribution in [-0.4, -0.2) is 4.98 Å². The molecule has 0 aliphatic heterocycles. The molecule has 1 aliphatic carbocycles. The molecule has 0 unspecified atom stereocenters. The zero-order chi connectivity index (χ0) is 10.3. The van der Waals surface area contributed by atoms with E-state index in [4.69, 9.17) is 0 Å². The summed E-state index contributed by atoms with van der Waals surface area (Å²) in [7, 11) is 0. The third kappa shape index (κ3) is 1.40. The minimum Gasteiger partial charge on any atom is -0.361 e. The van der Waals surface area contributed by atoms with Gasteiger partial charge in [0.15, 0.2) is 0 Å². The Balaban J connectivity index is 2.05. The van der Waals surface area contributed by atoms with E-state index in [2.05, 4.69) is 48.3 Å². The number of aromatic nitrogens is 1. The SMILES string of the molecule is CC1=CC=C(c2ccc3[nH]ccc3c2)C1. The Labute approximate surface area is 89.1 Å². The lowest BCUT2D eigenvalue weighted by molar-refractivity contribution is 1.26. The maximum atomic E-state index is 3.21. The molecule has 0 spiro atoms. The van der Waals surface area contributed by atoms with Crippen LogP contribution in [0.1, 0.15) is 18.9 Å². The van der Waals surface area contributed by atoms with E-state index in [9.17, 15) is 0 Å². The minimum absolute atomic E-state index is 1.09. The molecule has 1 heteroatoms. The van der Waals surface area contributed by atoms with E-state index < -0.39 is 0 Å². The van der Waals surface area contributed by atoms with Crippen molar-refractivity contribution in [3.8, 4) is 0 Å². The summed E-state index contributed by atoms with van der Waals surface area (Å²) in [5, 5.41) is 1.29. The van der Waals surface area contributed by atoms with Crippen LogP contribution in [0.5, 0.6) is 0 Å². The third-order valence-electron chi connectivity index (χ3n) is 2.96. The molecule has 0 saturated heterocycles. The van der Waals surface area contributed by atoms with Gasteiger partial charge in [-0.3, -0.25) is 0 Å². The molecule has 1 N–H and O–H groups in total. The van der Waals surface area contributed by atoms with Crippen molar-refractivity contribution in [2.45, 2.75) is 13.3 Å². The smallest absolute Gasteiger partial charge is 0.0454 e. The summed E-state index contributed by atoms with van der Waals surface area (Å²) in [6.07, 6.45) is 7.51. The first-order valence-electron chi connectivity index (χ1n) is 5.27. The van der Waals surface area contributed by atoms with E-state index in [0.29, 0.717) is 0 Å². The number of rotatable bonds is 1. The lowest BCUT2D eigenvalue weighted by Gasteiger charge is -2.03. The Morgan fingerprint density at radius 2 is 2.07 bits per heavy atom. The van der Waals surface area contributed by atoms with Gasteiger partial charge in [0.25, 0.3) is 0 Å². The van der Waals surface area contributed by atoms with Crippen molar-refractivity contribution < 1.29 is 0 Å². The van der Waals surface area contributed by atoms with Crippen molar-refractivity contribution in [3.05, 3.63) is 53.8 Å². The number of aromatic amines is 1. The van der Waals surface area contributed by atoms with Crippen LogP contribution in [0.2, 0.25) is 0 Å². The molecule has 1 aromatic carbocycles. The standard InChI is InChI=1S/C14H13N/c1-10-2-3-11(8-10)12-4-5-14-13(9-12)6-7-15-14/h2-7,9,15H,8H2,1H3. The zero-order valence-corrected chi connectivity index (χ0v) is 8.75. The van der Waals surface area contributed by atoms with Gasteiger partial charge >= 0.3 is 0 Å². The van der Waals surface area contributed by atoms with Gasteiger partial charge in [0.1, 0.15) is 0 Å². The maximum absolute atomic E-state index is 3.21. The molecule has 0 fully saturated rings. The number of hydrogen-bond donors (Lipinski definition) is 1. The number of allylic oxidation sites excluding steroid dienone is 4. The molecule has 1 aromatic heterocycles. The molecule has 15 heavy (non-hydrogen) atoms. The second-order valence-electron chi connectivity index (χ2n) is 4.16. The number of hydrogen-bond acceptors (Lipinski definition) is 0. The minimum atomic E-state index is 1.09. The summed E-state index contributed by atoms with van der Waals surface area (Å²) in [5.41, 5.74) is 5.42. The second kappa shape index (κ2) is 3.13. The molecule has 1 aliphatic rings. The average molecular weight is 195 g/mol. The Bertz CT molecular complexity index is 570. The number of nitrogens with one attached hydrogen (secondary N) is 1. The summed E-state index contributed by atoms with van der Waals surface area (Å²) in [6, 6.07) is 8.72. The lowest BCUT2D eigenvalue weighted by atomic mass is 10.0. The van der Waals surface area contributed by atoms with Crippen molar-refractivity contribution in [1.82, 2.24) is 4.98 Å². The van der Waals surface area contributed by atoms with Gasteiger partial charge in [-0.15, -0.1) is 0 Å². The van der Waals surface area contributed by atoms with Crippen LogP contribution in [-0.2, 0) is 0 Å². The molecular weight excluding hydrogens is 182 g/mol. The molecule has 74 valence electrons. The highest BCUT2D eigenvalue weighted by atomic mass is 14.7. The summed E-state index contributed by atoms with van der Waals surface area (Å²) >= 11 is 0. The summed E-state index contributed by atoms with van der Waals surface area (Å²) in [6.45, 7) is 2.18. The van der Waals surface area contributed by atoms with Gasteiger partial charge in [0, 0.05) is 11.7 Å². The van der Waals surface area contributed by atoms with E-state index in [0.717, 1.165) is 6.42 Å². The Morgan fingerprint density at radius 3 is 2.87 bits per heavy atom. The van der Waals surface area contributed by atoms with Crippen LogP contribution in [0.4, 0.5) is 0 Å². The number of fused-ring (bicyclic) bond motifs is 1. The van der Waals surface area contributed by atoms with Crippen LogP contribution in [0, 0.1) is 0 Å². The second-order valence-corrected chi connectivity index (χ2v) is 4.16. The number of benzene rings is 1. The number of H-pyrrole nitrogens is 1. The molecule has 0 saturated carbocycles. The Morgan fingerprint density at radius 1 is 1.13 bits per heavy atom. The molecule has 3 rings (SSSR count). The van der Waals surface area contributed by atoms with E-state index in [1.807, 2.05) is 6.20 Å². The highest BCUT2D eigenvalue weighted by Gasteiger charge is 2.07. The van der Waals surface area contributed by atoms with Crippen LogP contribution >= 0.6 is 0 Å². The fourth-order valence-electron chi connectivity index (χ4n) is 2.11. The quantitative estimate of drug-likeness (QED) is 0.710. The Hall–Kier alpha value is -1.76. The first-order valence-corrected chi connectivity index (χ1v) is 5.27. The largest absolute Gasteiger partial charge is 0.361 e. The lowest BCUT2D eigenvalue weighted by Crippen LogP contribution is -1.81. The zero-order valence-electron chi connectivity index (χ0n) is 8.75. The summed E-state index contributed by atoms with van der Waals surface area (Å²) in [4.78, 5) is 3.21. The molecule has 1 nitrogen and oxygen atoms in total. The first kappa shape index (κ1) is 8.54. The fourth-order valence-corrected chi connectivity index (χ4v) is 2.11. The molecule has 0 amide bonds. The van der Waals surface area contributed by atoms with E-state index in [1.54, 1.807) is 0 Å². The van der Waals surface area contributed by atoms with Crippen LogP contribution in [0.25, 0.3) is 16.5 Å². The average Bonchev–Trinajstić information content (AvgIpc) is 2.84. The molecule has 0 atom stereocenters. The monoisotopic (exact) mass is 195 g/mol. The highest BCUT2D eigenvalue weighted by molar-refractivity contribution is 5.85. The van der Waals surface area contributed by atoms with Crippen LogP contribution < -0.4 is 0 Å². The van der Waals surface area contributed by atoms with Gasteiger partial charge in [-0.2, -0.15) is 0 Å². The fraction of sp³-hybridized carbons (Fsp3) is 0.143. The summed E-state index contributed by atoms with van der Waals surface area (Å²) < 4.78 is 0. The predicted octanol–water partition coefficient (Wildman–Crippen LogP) is 3.90. The van der Waals surface area contributed by atoms with Crippen molar-refractivity contribution in [3.63, 3.8) is 0 Å². The maximum Gasteiger partial charge on any atom is 0.0454 e. The topological polar surface area (TPSA) is 15.8 Å². The third-order valence-corrected chi connectivity index (χ3v) is 2.96. The van der Waals surface area contributed by atoms with Crippen molar-refractivity contribution in [1.29, 1.82) is 0 Å². The molecule has 2 aromatic rings. The molecule has 1 heterocycles. The van der Waals surface area contributed by atoms with Gasteiger partial charge in [0.05, 0.1) is 0 Å². The van der Waals surface area contributed by atoms with E-state index in [-0.39, 0.29) is 0 Å². The van der Waals surface area contributed by atoms with Crippen LogP contribution in [0.3, 0.4) is 0 Å². The molecule has 0 radical (unpaired) electrons. The van der Waals surface area contributed by atoms with E-state index in [1.165, 1.54) is 27.6 Å². The first-order chi connectivity index (χ1) is 7.33. The highest BCUT2D eigenvalue weighted by Crippen LogP contribution is 2.29. The van der Waals surface area contributed by atoms with Crippen molar-refractivity contribution >= 4 is 16.5 Å². The van der Waals surface area contributed by atoms with Gasteiger partial charge in [0.2, 0.25) is 0 Å². The molecule has 0 bridgehead atoms. The Kier molecular flexibility index (Phi) is 1.78. The van der Waals surface area contributed by atoms with Gasteiger partial charge in [-0.1, -0.05) is 23.8 Å². The van der Waals surface area contributed by atoms with Crippen molar-refractivity contribution in [2.24, 2.45) is 0 Å². The van der Waals surface area contributed by atoms with Gasteiger partial charge in [-0.25, -0.2) is 0 Å². The van der Waals surface area contributed by atoms with Gasteiger partial charge < -0.3 is 4.98 Å². The molecular formula is C14H13N. The van der Waals surface area contributed by atoms with Crippen LogP contribution in [0.15, 0.2) is 48.2 Å². The predicted molar refractivity (Wildman–Crippen MR) is 64.6 cm³/mol. The normalized spacial score (nSPS) is 15.5. The van der Waals surface area contributed by atoms with Gasteiger partial charge in [-0.05, 0) is 48.1 Å².